The summed E-state index contributed by atoms with van der Waals surface area (Å²) in [6, 6.07) is 2.17. The van der Waals surface area contributed by atoms with Crippen LogP contribution in [0, 0.1) is 0 Å². The summed E-state index contributed by atoms with van der Waals surface area (Å²) >= 11 is 0. The number of guanidine groups is 1. The number of nitrogens with one attached hydrogen (secondary N) is 1. The number of nitrogens with two attached hydrogens (primary N) is 1. The van der Waals surface area contributed by atoms with Crippen molar-refractivity contribution in [3.05, 3.63) is 36.3 Å². The van der Waals surface area contributed by atoms with Gasteiger partial charge in [0.2, 0.25) is 0 Å². The Morgan fingerprint density at radius 2 is 2.47 bits per heavy atom. The van der Waals surface area contributed by atoms with Crippen LogP contribution in [0.3, 0.4) is 0 Å². The molecule has 1 unspecified atom stereocenters. The molecular weight excluding hydrogens is 240 g/mol. The lowest BCUT2D eigenvalue weighted by atomic mass is 10.1. The zero-order valence-corrected chi connectivity index (χ0v) is 11.2. The predicted octanol–water partition coefficient (Wildman–Crippen LogP) is 1.86. The van der Waals surface area contributed by atoms with Crippen molar-refractivity contribution in [2.45, 2.75) is 32.2 Å². The lowest BCUT2D eigenvalue weighted by Crippen LogP contribution is -2.35. The largest absolute Gasteiger partial charge is 0.472 e. The molecule has 0 aromatic carbocycles. The van der Waals surface area contributed by atoms with Crippen LogP contribution in [0.5, 0.6) is 0 Å². The van der Waals surface area contributed by atoms with Gasteiger partial charge >= 0.3 is 0 Å². The number of nitrogens with zero attached hydrogens (tertiary/aromatic N) is 2. The molecule has 1 aliphatic rings. The minimum Gasteiger partial charge on any atom is -0.472 e. The van der Waals surface area contributed by atoms with Crippen molar-refractivity contribution >= 4 is 11.8 Å². The van der Waals surface area contributed by atoms with Gasteiger partial charge in [0.15, 0.2) is 5.96 Å². The number of aliphatic imine (C=N–C) groups is 2. The molecule has 1 aromatic rings. The van der Waals surface area contributed by atoms with Gasteiger partial charge in [-0.25, -0.2) is 0 Å². The van der Waals surface area contributed by atoms with E-state index in [4.69, 9.17) is 10.2 Å². The fourth-order valence-corrected chi connectivity index (χ4v) is 1.85. The third kappa shape index (κ3) is 4.62. The Morgan fingerprint density at radius 1 is 1.58 bits per heavy atom. The minimum atomic E-state index is 0.166. The van der Waals surface area contributed by atoms with Gasteiger partial charge in [0.05, 0.1) is 25.1 Å². The van der Waals surface area contributed by atoms with E-state index in [1.807, 2.05) is 19.1 Å². The summed E-state index contributed by atoms with van der Waals surface area (Å²) in [7, 11) is 0. The summed E-state index contributed by atoms with van der Waals surface area (Å²) in [5.74, 6) is 1.22. The highest BCUT2D eigenvalue weighted by Crippen LogP contribution is 2.06. The van der Waals surface area contributed by atoms with Crippen molar-refractivity contribution in [2.24, 2.45) is 15.7 Å². The summed E-state index contributed by atoms with van der Waals surface area (Å²) in [4.78, 5) is 8.64. The molecule has 0 aliphatic carbocycles. The van der Waals surface area contributed by atoms with E-state index in [1.54, 1.807) is 12.5 Å². The molecule has 0 radical (unpaired) electrons. The van der Waals surface area contributed by atoms with E-state index in [-0.39, 0.29) is 6.04 Å². The van der Waals surface area contributed by atoms with Crippen molar-refractivity contribution in [1.29, 1.82) is 0 Å². The molecular formula is C14H20N4O. The fourth-order valence-electron chi connectivity index (χ4n) is 1.85. The Morgan fingerprint density at radius 3 is 3.26 bits per heavy atom. The van der Waals surface area contributed by atoms with E-state index in [1.165, 1.54) is 5.56 Å². The van der Waals surface area contributed by atoms with Gasteiger partial charge in [0.25, 0.3) is 0 Å². The van der Waals surface area contributed by atoms with Gasteiger partial charge in [-0.1, -0.05) is 6.08 Å². The van der Waals surface area contributed by atoms with Crippen LogP contribution in [0.4, 0.5) is 0 Å². The van der Waals surface area contributed by atoms with Gasteiger partial charge < -0.3 is 15.5 Å². The molecule has 1 atom stereocenters. The van der Waals surface area contributed by atoms with E-state index in [9.17, 15) is 0 Å². The number of allylic oxidation sites excluding steroid dienone is 1. The van der Waals surface area contributed by atoms with Gasteiger partial charge in [-0.15, -0.1) is 0 Å². The lowest BCUT2D eigenvalue weighted by Gasteiger charge is -2.02. The number of hydrogen-bond donors (Lipinski definition) is 2. The summed E-state index contributed by atoms with van der Waals surface area (Å²) in [5.41, 5.74) is 6.93. The highest BCUT2D eigenvalue weighted by atomic mass is 16.3. The SMILES string of the molecule is CC1CN=C(N)NC(C=CCCCc2ccoc2)=N1. The Hall–Kier alpha value is -2.04. The fraction of sp³-hybridized carbons (Fsp3) is 0.429. The first kappa shape index (κ1) is 13.4. The molecule has 1 aliphatic heterocycles. The first-order chi connectivity index (χ1) is 9.24. The normalized spacial score (nSPS) is 19.7. The molecule has 0 bridgehead atoms. The highest BCUT2D eigenvalue weighted by Gasteiger charge is 2.06. The number of unbranched alkanes of at least 4 members (excludes halogenated alkanes) is 1. The molecule has 0 fully saturated rings. The van der Waals surface area contributed by atoms with Crippen molar-refractivity contribution in [3.63, 3.8) is 0 Å². The quantitative estimate of drug-likeness (QED) is 0.793. The summed E-state index contributed by atoms with van der Waals surface area (Å²) in [6.45, 7) is 2.66. The van der Waals surface area contributed by atoms with Gasteiger partial charge in [-0.05, 0) is 43.9 Å². The third-order valence-corrected chi connectivity index (χ3v) is 2.83. The minimum absolute atomic E-state index is 0.166. The Kier molecular flexibility index (Phi) is 4.78. The number of amidine groups is 1. The predicted molar refractivity (Wildman–Crippen MR) is 77.3 cm³/mol. The number of hydrogen-bond acceptors (Lipinski definition) is 5. The van der Waals surface area contributed by atoms with E-state index in [0.717, 1.165) is 25.1 Å². The molecule has 2 rings (SSSR count). The molecule has 5 heteroatoms. The van der Waals surface area contributed by atoms with Crippen molar-refractivity contribution in [3.8, 4) is 0 Å². The van der Waals surface area contributed by atoms with Crippen LogP contribution in [0.1, 0.15) is 25.3 Å². The summed E-state index contributed by atoms with van der Waals surface area (Å²) < 4.78 is 5.03. The molecule has 0 saturated heterocycles. The molecule has 0 amide bonds. The zero-order chi connectivity index (χ0) is 13.5. The van der Waals surface area contributed by atoms with Crippen LogP contribution < -0.4 is 11.1 Å². The zero-order valence-electron chi connectivity index (χ0n) is 11.2. The first-order valence-electron chi connectivity index (χ1n) is 6.56. The molecule has 5 nitrogen and oxygen atoms in total. The number of aryl methyl sites for hydroxylation is 1. The first-order valence-corrected chi connectivity index (χ1v) is 6.56. The topological polar surface area (TPSA) is 75.9 Å². The van der Waals surface area contributed by atoms with Crippen LogP contribution in [0.25, 0.3) is 0 Å². The van der Waals surface area contributed by atoms with Crippen LogP contribution in [0.2, 0.25) is 0 Å². The van der Waals surface area contributed by atoms with Crippen LogP contribution in [-0.2, 0) is 6.42 Å². The van der Waals surface area contributed by atoms with Crippen LogP contribution in [0.15, 0.2) is 45.1 Å². The molecule has 102 valence electrons. The van der Waals surface area contributed by atoms with E-state index in [2.05, 4.69) is 21.4 Å². The molecule has 1 aromatic heterocycles. The second kappa shape index (κ2) is 6.78. The molecule has 3 N–H and O–H groups in total. The molecule has 0 spiro atoms. The monoisotopic (exact) mass is 260 g/mol. The second-order valence-electron chi connectivity index (χ2n) is 4.64. The Labute approximate surface area is 113 Å². The maximum Gasteiger partial charge on any atom is 0.194 e. The van der Waals surface area contributed by atoms with E-state index >= 15 is 0 Å². The third-order valence-electron chi connectivity index (χ3n) is 2.83. The van der Waals surface area contributed by atoms with E-state index in [0.29, 0.717) is 12.5 Å². The maximum absolute atomic E-state index is 5.70. The lowest BCUT2D eigenvalue weighted by molar-refractivity contribution is 0.563. The standard InChI is InChI=1S/C14H20N4O/c1-11-9-16-14(15)18-13(17-11)6-4-2-3-5-12-7-8-19-10-12/h4,6-8,10-11H,2-3,5,9H2,1H3,(H3,15,16,17,18). The van der Waals surface area contributed by atoms with Gasteiger partial charge in [0, 0.05) is 0 Å². The van der Waals surface area contributed by atoms with Crippen molar-refractivity contribution < 1.29 is 4.42 Å². The van der Waals surface area contributed by atoms with Gasteiger partial charge in [-0.2, -0.15) is 0 Å². The summed E-state index contributed by atoms with van der Waals surface area (Å²) in [6.07, 6.45) is 10.7. The second-order valence-corrected chi connectivity index (χ2v) is 4.64. The average Bonchev–Trinajstić information content (AvgIpc) is 2.83. The number of rotatable bonds is 5. The average molecular weight is 260 g/mol. The Balaban J connectivity index is 1.76. The molecule has 0 saturated carbocycles. The van der Waals surface area contributed by atoms with Crippen LogP contribution in [-0.4, -0.2) is 24.4 Å². The maximum atomic E-state index is 5.70. The molecule has 19 heavy (non-hydrogen) atoms. The van der Waals surface area contributed by atoms with Crippen molar-refractivity contribution in [2.75, 3.05) is 6.54 Å². The van der Waals surface area contributed by atoms with Gasteiger partial charge in [0.1, 0.15) is 5.84 Å². The smallest absolute Gasteiger partial charge is 0.194 e. The molecule has 2 heterocycles. The number of furan rings is 1. The highest BCUT2D eigenvalue weighted by molar-refractivity contribution is 6.05. The van der Waals surface area contributed by atoms with Crippen molar-refractivity contribution in [1.82, 2.24) is 5.32 Å². The summed E-state index contributed by atoms with van der Waals surface area (Å²) in [5, 5.41) is 2.99. The van der Waals surface area contributed by atoms with Gasteiger partial charge in [-0.3, -0.25) is 9.98 Å². The van der Waals surface area contributed by atoms with Crippen LogP contribution >= 0.6 is 0 Å². The van der Waals surface area contributed by atoms with E-state index < -0.39 is 0 Å². The Bertz CT molecular complexity index is 474.